The summed E-state index contributed by atoms with van der Waals surface area (Å²) in [6.45, 7) is 11.1. The SMILES string of the molecule is CC=N/C=C(\C)C1(C)c2ccc(C)c(c2)COc2cccc(c2)-c2cc(C)nc3ccc1cc23. The summed E-state index contributed by atoms with van der Waals surface area (Å²) in [5, 5.41) is 1.14. The Morgan fingerprint density at radius 2 is 1.79 bits per heavy atom. The molecule has 6 bridgehead atoms. The third-order valence-electron chi connectivity index (χ3n) is 7.19. The van der Waals surface area contributed by atoms with Crippen LogP contribution < -0.4 is 4.74 Å². The van der Waals surface area contributed by atoms with Gasteiger partial charge in [0.2, 0.25) is 0 Å². The van der Waals surface area contributed by atoms with Crippen LogP contribution in [0.1, 0.15) is 48.7 Å². The molecule has 0 N–H and O–H groups in total. The lowest BCUT2D eigenvalue weighted by molar-refractivity contribution is 0.305. The summed E-state index contributed by atoms with van der Waals surface area (Å²) in [5.74, 6) is 0.872. The van der Waals surface area contributed by atoms with Crippen molar-refractivity contribution in [3.63, 3.8) is 0 Å². The van der Waals surface area contributed by atoms with Gasteiger partial charge in [0.25, 0.3) is 0 Å². The van der Waals surface area contributed by atoms with Crippen LogP contribution >= 0.6 is 0 Å². The summed E-state index contributed by atoms with van der Waals surface area (Å²) >= 11 is 0. The highest BCUT2D eigenvalue weighted by Crippen LogP contribution is 2.42. The highest BCUT2D eigenvalue weighted by molar-refractivity contribution is 5.95. The van der Waals surface area contributed by atoms with E-state index in [1.165, 1.54) is 33.4 Å². The fraction of sp³-hybridized carbons (Fsp3) is 0.226. The van der Waals surface area contributed by atoms with Crippen molar-refractivity contribution < 1.29 is 4.74 Å². The summed E-state index contributed by atoms with van der Waals surface area (Å²) < 4.78 is 6.30. The van der Waals surface area contributed by atoms with Gasteiger partial charge in [-0.1, -0.05) is 36.4 Å². The van der Waals surface area contributed by atoms with Crippen LogP contribution in [0.5, 0.6) is 5.75 Å². The van der Waals surface area contributed by atoms with Crippen LogP contribution in [0.4, 0.5) is 0 Å². The van der Waals surface area contributed by atoms with Crippen molar-refractivity contribution in [1.82, 2.24) is 4.98 Å². The Morgan fingerprint density at radius 1 is 1.00 bits per heavy atom. The van der Waals surface area contributed by atoms with Gasteiger partial charge < -0.3 is 4.74 Å². The zero-order chi connectivity index (χ0) is 23.9. The minimum absolute atomic E-state index is 0.363. The van der Waals surface area contributed by atoms with Crippen LogP contribution in [-0.2, 0) is 12.0 Å². The van der Waals surface area contributed by atoms with Crippen LogP contribution in [0.3, 0.4) is 0 Å². The molecule has 34 heavy (non-hydrogen) atoms. The smallest absolute Gasteiger partial charge is 0.120 e. The summed E-state index contributed by atoms with van der Waals surface area (Å²) in [6.07, 6.45) is 3.81. The Balaban J connectivity index is 1.89. The lowest BCUT2D eigenvalue weighted by Crippen LogP contribution is -2.26. The molecule has 0 saturated heterocycles. The molecule has 0 radical (unpaired) electrons. The van der Waals surface area contributed by atoms with Crippen molar-refractivity contribution in [1.29, 1.82) is 0 Å². The van der Waals surface area contributed by atoms with Crippen molar-refractivity contribution in [3.8, 4) is 16.9 Å². The maximum atomic E-state index is 6.30. The molecule has 4 aromatic rings. The van der Waals surface area contributed by atoms with Crippen molar-refractivity contribution in [2.75, 3.05) is 0 Å². The Bertz CT molecular complexity index is 1460. The van der Waals surface area contributed by atoms with E-state index in [1.807, 2.05) is 25.4 Å². The van der Waals surface area contributed by atoms with E-state index in [9.17, 15) is 0 Å². The van der Waals surface area contributed by atoms with Gasteiger partial charge in [-0.3, -0.25) is 9.98 Å². The van der Waals surface area contributed by atoms with Crippen molar-refractivity contribution in [2.24, 2.45) is 4.99 Å². The van der Waals surface area contributed by atoms with Crippen molar-refractivity contribution in [2.45, 2.75) is 46.6 Å². The van der Waals surface area contributed by atoms with Gasteiger partial charge in [0.1, 0.15) is 12.4 Å². The van der Waals surface area contributed by atoms with Gasteiger partial charge in [-0.05, 0) is 104 Å². The molecule has 5 rings (SSSR count). The molecule has 0 saturated carbocycles. The predicted octanol–water partition coefficient (Wildman–Crippen LogP) is 7.71. The molecule has 1 atom stereocenters. The molecule has 0 fully saturated rings. The number of hydrogen-bond acceptors (Lipinski definition) is 3. The molecule has 0 aliphatic carbocycles. The van der Waals surface area contributed by atoms with Gasteiger partial charge in [-0.2, -0.15) is 0 Å². The molecule has 0 spiro atoms. The fourth-order valence-electron chi connectivity index (χ4n) is 4.90. The Hall–Kier alpha value is -3.72. The number of fused-ring (bicyclic) bond motifs is 6. The van der Waals surface area contributed by atoms with E-state index in [1.54, 1.807) is 0 Å². The molecule has 1 aliphatic heterocycles. The number of aromatic nitrogens is 1. The first-order valence-electron chi connectivity index (χ1n) is 11.8. The molecule has 1 unspecified atom stereocenters. The second kappa shape index (κ2) is 8.57. The topological polar surface area (TPSA) is 34.5 Å². The summed E-state index contributed by atoms with van der Waals surface area (Å²) in [6, 6.07) is 24.0. The molecule has 1 aromatic heterocycles. The number of nitrogens with zero attached hydrogens (tertiary/aromatic N) is 2. The Morgan fingerprint density at radius 3 is 2.62 bits per heavy atom. The third kappa shape index (κ3) is 3.71. The molecule has 2 heterocycles. The molecule has 1 aliphatic rings. The molecule has 3 nitrogen and oxygen atoms in total. The molecule has 3 heteroatoms. The van der Waals surface area contributed by atoms with E-state index in [0.29, 0.717) is 6.61 Å². The largest absolute Gasteiger partial charge is 0.489 e. The summed E-state index contributed by atoms with van der Waals surface area (Å²) in [5.41, 5.74) is 9.99. The standard InChI is InChI=1S/C31H30N2O/c1-6-32-18-21(3)31(5)25-11-10-20(2)24(15-25)19-34-27-9-7-8-23(16-27)28-14-22(4)33-30-13-12-26(31)17-29(28)30/h6-18H,19H2,1-5H3/b21-18+,32-6?. The summed E-state index contributed by atoms with van der Waals surface area (Å²) in [7, 11) is 0. The van der Waals surface area contributed by atoms with E-state index in [-0.39, 0.29) is 5.41 Å². The van der Waals surface area contributed by atoms with Gasteiger partial charge in [-0.15, -0.1) is 0 Å². The first-order chi connectivity index (χ1) is 16.4. The molecule has 170 valence electrons. The highest BCUT2D eigenvalue weighted by atomic mass is 16.5. The van der Waals surface area contributed by atoms with Gasteiger partial charge >= 0.3 is 0 Å². The van der Waals surface area contributed by atoms with Gasteiger partial charge in [0, 0.05) is 28.9 Å². The number of benzene rings is 3. The van der Waals surface area contributed by atoms with Crippen LogP contribution in [0.25, 0.3) is 22.0 Å². The van der Waals surface area contributed by atoms with E-state index in [0.717, 1.165) is 27.9 Å². The molecular weight excluding hydrogens is 416 g/mol. The molecule has 3 aromatic carbocycles. The minimum atomic E-state index is -0.363. The van der Waals surface area contributed by atoms with E-state index < -0.39 is 0 Å². The van der Waals surface area contributed by atoms with Crippen LogP contribution in [-0.4, -0.2) is 11.2 Å². The number of pyridine rings is 1. The van der Waals surface area contributed by atoms with Crippen LogP contribution in [0, 0.1) is 13.8 Å². The predicted molar refractivity (Wildman–Crippen MR) is 142 cm³/mol. The van der Waals surface area contributed by atoms with Crippen LogP contribution in [0.15, 0.2) is 83.5 Å². The molecule has 0 amide bonds. The second-order valence-corrected chi connectivity index (χ2v) is 9.35. The van der Waals surface area contributed by atoms with Crippen molar-refractivity contribution >= 4 is 17.1 Å². The third-order valence-corrected chi connectivity index (χ3v) is 7.19. The number of aliphatic imine (C=N–C) groups is 1. The number of hydrogen-bond donors (Lipinski definition) is 0. The quantitative estimate of drug-likeness (QED) is 0.296. The average Bonchev–Trinajstić information content (AvgIpc) is 2.85. The fourth-order valence-corrected chi connectivity index (χ4v) is 4.90. The lowest BCUT2D eigenvalue weighted by atomic mass is 9.70. The maximum absolute atomic E-state index is 6.30. The second-order valence-electron chi connectivity index (χ2n) is 9.35. The van der Waals surface area contributed by atoms with Gasteiger partial charge in [-0.25, -0.2) is 0 Å². The van der Waals surface area contributed by atoms with E-state index >= 15 is 0 Å². The normalized spacial score (nSPS) is 17.9. The van der Waals surface area contributed by atoms with Crippen LogP contribution in [0.2, 0.25) is 0 Å². The number of ether oxygens (including phenoxy) is 1. The zero-order valence-corrected chi connectivity index (χ0v) is 20.5. The number of rotatable bonds is 2. The monoisotopic (exact) mass is 446 g/mol. The number of aryl methyl sites for hydroxylation is 2. The summed E-state index contributed by atoms with van der Waals surface area (Å²) in [4.78, 5) is 9.32. The van der Waals surface area contributed by atoms with Crippen molar-refractivity contribution in [3.05, 3.63) is 106 Å². The van der Waals surface area contributed by atoms with E-state index in [4.69, 9.17) is 9.72 Å². The Labute approximate surface area is 201 Å². The zero-order valence-electron chi connectivity index (χ0n) is 20.5. The average molecular weight is 447 g/mol. The van der Waals surface area contributed by atoms with Gasteiger partial charge in [0.05, 0.1) is 5.52 Å². The van der Waals surface area contributed by atoms with Gasteiger partial charge in [0.15, 0.2) is 0 Å². The lowest BCUT2D eigenvalue weighted by Gasteiger charge is -2.33. The first kappa shape index (κ1) is 22.1. The minimum Gasteiger partial charge on any atom is -0.489 e. The Kier molecular flexibility index (Phi) is 5.57. The maximum Gasteiger partial charge on any atom is 0.120 e. The van der Waals surface area contributed by atoms with E-state index in [2.05, 4.69) is 93.4 Å². The highest BCUT2D eigenvalue weighted by Gasteiger charge is 2.32. The molecular formula is C31H30N2O. The first-order valence-corrected chi connectivity index (χ1v) is 11.8. The number of allylic oxidation sites excluding steroid dienone is 1.